The van der Waals surface area contributed by atoms with Gasteiger partial charge in [-0.2, -0.15) is 0 Å². The molecule has 0 aliphatic carbocycles. The summed E-state index contributed by atoms with van der Waals surface area (Å²) in [5, 5.41) is 2.86. The fourth-order valence-electron chi connectivity index (χ4n) is 1.61. The number of carbonyl (C=O) groups excluding carboxylic acids is 1. The average molecular weight is 259 g/mol. The van der Waals surface area contributed by atoms with Crippen LogP contribution in [-0.2, 0) is 6.54 Å². The van der Waals surface area contributed by atoms with Gasteiger partial charge in [-0.25, -0.2) is 4.79 Å². The lowest BCUT2D eigenvalue weighted by atomic mass is 10.1. The molecule has 1 aromatic rings. The predicted molar refractivity (Wildman–Crippen MR) is 77.5 cm³/mol. The summed E-state index contributed by atoms with van der Waals surface area (Å²) in [4.78, 5) is 13.5. The first-order valence-corrected chi connectivity index (χ1v) is 6.33. The van der Waals surface area contributed by atoms with Gasteiger partial charge in [0.15, 0.2) is 0 Å². The van der Waals surface area contributed by atoms with Gasteiger partial charge in [-0.3, -0.25) is 0 Å². The molecule has 0 aliphatic rings. The summed E-state index contributed by atoms with van der Waals surface area (Å²) in [5.74, 6) is 5.86. The van der Waals surface area contributed by atoms with Crippen molar-refractivity contribution in [3.8, 4) is 11.8 Å². The fraction of sp³-hybridized carbons (Fsp3) is 0.400. The number of nitrogens with one attached hydrogen (secondary N) is 1. The molecule has 0 bridgehead atoms. The van der Waals surface area contributed by atoms with Crippen molar-refractivity contribution in [2.45, 2.75) is 26.4 Å². The van der Waals surface area contributed by atoms with Crippen LogP contribution >= 0.6 is 0 Å². The number of hydrogen-bond acceptors (Lipinski definition) is 2. The third kappa shape index (κ3) is 5.02. The van der Waals surface area contributed by atoms with Gasteiger partial charge in [0.05, 0.1) is 6.54 Å². The molecule has 0 aliphatic heterocycles. The van der Waals surface area contributed by atoms with Crippen molar-refractivity contribution < 1.29 is 4.79 Å². The quantitative estimate of drug-likeness (QED) is 0.809. The Morgan fingerprint density at radius 2 is 2.11 bits per heavy atom. The summed E-state index contributed by atoms with van der Waals surface area (Å²) in [6.45, 7) is 4.73. The zero-order chi connectivity index (χ0) is 14.3. The van der Waals surface area contributed by atoms with Crippen LogP contribution in [0.3, 0.4) is 0 Å². The highest BCUT2D eigenvalue weighted by Gasteiger charge is 2.11. The second kappa shape index (κ2) is 7.45. The Morgan fingerprint density at radius 3 is 2.74 bits per heavy atom. The van der Waals surface area contributed by atoms with Crippen LogP contribution in [0.25, 0.3) is 0 Å². The molecule has 4 heteroatoms. The predicted octanol–water partition coefficient (Wildman–Crippen LogP) is 1.55. The number of nitrogens with two attached hydrogens (primary N) is 1. The van der Waals surface area contributed by atoms with E-state index in [1.165, 1.54) is 0 Å². The van der Waals surface area contributed by atoms with Crippen molar-refractivity contribution in [1.82, 2.24) is 10.2 Å². The van der Waals surface area contributed by atoms with Crippen molar-refractivity contribution in [2.75, 3.05) is 13.6 Å². The van der Waals surface area contributed by atoms with E-state index in [0.29, 0.717) is 13.1 Å². The van der Waals surface area contributed by atoms with Crippen LogP contribution in [0, 0.1) is 11.8 Å². The highest BCUT2D eigenvalue weighted by atomic mass is 16.2. The molecule has 0 aromatic heterocycles. The van der Waals surface area contributed by atoms with Gasteiger partial charge in [0.2, 0.25) is 0 Å². The van der Waals surface area contributed by atoms with E-state index in [-0.39, 0.29) is 12.1 Å². The first kappa shape index (κ1) is 15.1. The van der Waals surface area contributed by atoms with Crippen LogP contribution in [0.4, 0.5) is 4.79 Å². The summed E-state index contributed by atoms with van der Waals surface area (Å²) in [6.07, 6.45) is 0. The smallest absolute Gasteiger partial charge is 0.317 e. The fourth-order valence-corrected chi connectivity index (χ4v) is 1.61. The van der Waals surface area contributed by atoms with Crippen LogP contribution in [0.15, 0.2) is 24.3 Å². The zero-order valence-corrected chi connectivity index (χ0v) is 11.7. The van der Waals surface area contributed by atoms with Gasteiger partial charge in [0.1, 0.15) is 0 Å². The molecule has 19 heavy (non-hydrogen) atoms. The van der Waals surface area contributed by atoms with Crippen molar-refractivity contribution in [2.24, 2.45) is 5.73 Å². The molecule has 2 amide bonds. The van der Waals surface area contributed by atoms with Gasteiger partial charge in [0, 0.05) is 25.2 Å². The molecule has 1 rings (SSSR count). The van der Waals surface area contributed by atoms with Gasteiger partial charge in [-0.05, 0) is 25.5 Å². The van der Waals surface area contributed by atoms with Gasteiger partial charge in [-0.1, -0.05) is 30.0 Å². The van der Waals surface area contributed by atoms with Crippen LogP contribution < -0.4 is 11.1 Å². The molecule has 0 fully saturated rings. The SMILES string of the molecule is CC(C)NC(=O)N(C)Cc1ccccc1C#CCN. The Labute approximate surface area is 115 Å². The summed E-state index contributed by atoms with van der Waals surface area (Å²) in [5.41, 5.74) is 7.31. The first-order chi connectivity index (χ1) is 9.04. The van der Waals surface area contributed by atoms with E-state index in [2.05, 4.69) is 17.2 Å². The van der Waals surface area contributed by atoms with Crippen molar-refractivity contribution in [3.05, 3.63) is 35.4 Å². The minimum atomic E-state index is -0.0865. The van der Waals surface area contributed by atoms with Crippen molar-refractivity contribution in [1.29, 1.82) is 0 Å². The summed E-state index contributed by atoms with van der Waals surface area (Å²) < 4.78 is 0. The lowest BCUT2D eigenvalue weighted by molar-refractivity contribution is 0.204. The monoisotopic (exact) mass is 259 g/mol. The zero-order valence-electron chi connectivity index (χ0n) is 11.7. The van der Waals surface area contributed by atoms with Gasteiger partial charge >= 0.3 is 6.03 Å². The van der Waals surface area contributed by atoms with E-state index >= 15 is 0 Å². The highest BCUT2D eigenvalue weighted by molar-refractivity contribution is 5.74. The van der Waals surface area contributed by atoms with E-state index < -0.39 is 0 Å². The largest absolute Gasteiger partial charge is 0.336 e. The molecule has 1 aromatic carbocycles. The molecule has 102 valence electrons. The van der Waals surface area contributed by atoms with E-state index in [1.807, 2.05) is 38.1 Å². The van der Waals surface area contributed by atoms with E-state index in [4.69, 9.17) is 5.73 Å². The van der Waals surface area contributed by atoms with Crippen LogP contribution in [0.1, 0.15) is 25.0 Å². The van der Waals surface area contributed by atoms with Crippen LogP contribution in [0.5, 0.6) is 0 Å². The minimum absolute atomic E-state index is 0.0865. The minimum Gasteiger partial charge on any atom is -0.336 e. The van der Waals surface area contributed by atoms with E-state index in [9.17, 15) is 4.79 Å². The van der Waals surface area contributed by atoms with E-state index in [1.54, 1.807) is 11.9 Å². The Bertz CT molecular complexity index is 486. The highest BCUT2D eigenvalue weighted by Crippen LogP contribution is 2.10. The molecule has 3 N–H and O–H groups in total. The maximum absolute atomic E-state index is 11.8. The average Bonchev–Trinajstić information content (AvgIpc) is 2.36. The first-order valence-electron chi connectivity index (χ1n) is 6.33. The summed E-state index contributed by atoms with van der Waals surface area (Å²) in [7, 11) is 1.77. The number of rotatable bonds is 3. The molecule has 0 heterocycles. The summed E-state index contributed by atoms with van der Waals surface area (Å²) in [6, 6.07) is 7.82. The maximum atomic E-state index is 11.8. The second-order valence-electron chi connectivity index (χ2n) is 4.62. The molecule has 4 nitrogen and oxygen atoms in total. The topological polar surface area (TPSA) is 58.4 Å². The number of nitrogens with zero attached hydrogens (tertiary/aromatic N) is 1. The molecule has 0 spiro atoms. The second-order valence-corrected chi connectivity index (χ2v) is 4.62. The van der Waals surface area contributed by atoms with Gasteiger partial charge < -0.3 is 16.0 Å². The number of hydrogen-bond donors (Lipinski definition) is 2. The number of benzene rings is 1. The Morgan fingerprint density at radius 1 is 1.42 bits per heavy atom. The lowest BCUT2D eigenvalue weighted by Crippen LogP contribution is -2.40. The summed E-state index contributed by atoms with van der Waals surface area (Å²) >= 11 is 0. The molecule has 0 radical (unpaired) electrons. The third-order valence-electron chi connectivity index (χ3n) is 2.51. The number of urea groups is 1. The van der Waals surface area contributed by atoms with Crippen molar-refractivity contribution in [3.63, 3.8) is 0 Å². The molecular weight excluding hydrogens is 238 g/mol. The molecular formula is C15H21N3O. The molecule has 0 unspecified atom stereocenters. The standard InChI is InChI=1S/C15H21N3O/c1-12(2)17-15(19)18(3)11-14-8-5-4-7-13(14)9-6-10-16/h4-5,7-8,12H,10-11,16H2,1-3H3,(H,17,19). The Kier molecular flexibility index (Phi) is 5.91. The van der Waals surface area contributed by atoms with Gasteiger partial charge in [-0.15, -0.1) is 0 Å². The Balaban J connectivity index is 2.79. The Hall–Kier alpha value is -1.99. The number of carbonyl (C=O) groups is 1. The van der Waals surface area contributed by atoms with Crippen LogP contribution in [0.2, 0.25) is 0 Å². The lowest BCUT2D eigenvalue weighted by Gasteiger charge is -2.20. The molecule has 0 atom stereocenters. The molecule has 0 saturated heterocycles. The molecule has 0 saturated carbocycles. The van der Waals surface area contributed by atoms with E-state index in [0.717, 1.165) is 11.1 Å². The number of amides is 2. The van der Waals surface area contributed by atoms with Crippen LogP contribution in [-0.4, -0.2) is 30.6 Å². The van der Waals surface area contributed by atoms with Gasteiger partial charge in [0.25, 0.3) is 0 Å². The third-order valence-corrected chi connectivity index (χ3v) is 2.51. The van der Waals surface area contributed by atoms with Crippen molar-refractivity contribution >= 4 is 6.03 Å². The normalized spacial score (nSPS) is 9.74. The maximum Gasteiger partial charge on any atom is 0.317 e.